The SMILES string of the molecule is c1ccc2c(-c3ccc4[nH]c5ccc(-c6cccc7ccccc67)cc5c4c3)cccc2c1. The lowest BCUT2D eigenvalue weighted by atomic mass is 9.95. The summed E-state index contributed by atoms with van der Waals surface area (Å²) in [4.78, 5) is 3.61. The number of aromatic nitrogens is 1. The van der Waals surface area contributed by atoms with Crippen molar-refractivity contribution in [1.82, 2.24) is 4.98 Å². The lowest BCUT2D eigenvalue weighted by Gasteiger charge is -2.08. The van der Waals surface area contributed by atoms with Crippen LogP contribution in [-0.2, 0) is 0 Å². The zero-order chi connectivity index (χ0) is 21.8. The van der Waals surface area contributed by atoms with Crippen LogP contribution in [0.15, 0.2) is 121 Å². The summed E-state index contributed by atoms with van der Waals surface area (Å²) in [5.41, 5.74) is 7.38. The first-order valence-electron chi connectivity index (χ1n) is 11.4. The van der Waals surface area contributed by atoms with Gasteiger partial charge in [-0.2, -0.15) is 0 Å². The van der Waals surface area contributed by atoms with Crippen LogP contribution < -0.4 is 0 Å². The van der Waals surface area contributed by atoms with Gasteiger partial charge >= 0.3 is 0 Å². The zero-order valence-corrected chi connectivity index (χ0v) is 18.0. The highest BCUT2D eigenvalue weighted by molar-refractivity contribution is 6.11. The van der Waals surface area contributed by atoms with E-state index in [0.717, 1.165) is 0 Å². The first kappa shape index (κ1) is 18.2. The molecule has 0 bridgehead atoms. The molecule has 0 saturated heterocycles. The molecule has 7 aromatic rings. The van der Waals surface area contributed by atoms with Crippen LogP contribution in [0.1, 0.15) is 0 Å². The minimum atomic E-state index is 1.17. The summed E-state index contributed by atoms with van der Waals surface area (Å²) in [5.74, 6) is 0. The molecule has 1 heterocycles. The molecular weight excluding hydrogens is 398 g/mol. The average Bonchev–Trinajstić information content (AvgIpc) is 3.25. The molecule has 0 aliphatic carbocycles. The van der Waals surface area contributed by atoms with Gasteiger partial charge in [-0.1, -0.05) is 97.1 Å². The van der Waals surface area contributed by atoms with Crippen molar-refractivity contribution in [2.75, 3.05) is 0 Å². The minimum absolute atomic E-state index is 1.17. The third kappa shape index (κ3) is 2.86. The summed E-state index contributed by atoms with van der Waals surface area (Å²) in [6.07, 6.45) is 0. The molecule has 0 radical (unpaired) electrons. The third-order valence-corrected chi connectivity index (χ3v) is 6.80. The Bertz CT molecular complexity index is 1680. The summed E-state index contributed by atoms with van der Waals surface area (Å²) in [6, 6.07) is 43.9. The molecule has 1 nitrogen and oxygen atoms in total. The van der Waals surface area contributed by atoms with Gasteiger partial charge in [0.1, 0.15) is 0 Å². The Morgan fingerprint density at radius 1 is 0.364 bits per heavy atom. The lowest BCUT2D eigenvalue weighted by molar-refractivity contribution is 1.54. The highest BCUT2D eigenvalue weighted by Crippen LogP contribution is 2.36. The Morgan fingerprint density at radius 2 is 0.818 bits per heavy atom. The molecule has 0 unspecified atom stereocenters. The molecule has 0 aliphatic heterocycles. The molecule has 0 fully saturated rings. The van der Waals surface area contributed by atoms with Gasteiger partial charge in [-0.3, -0.25) is 0 Å². The highest BCUT2D eigenvalue weighted by atomic mass is 14.7. The van der Waals surface area contributed by atoms with Gasteiger partial charge in [-0.05, 0) is 68.1 Å². The first-order valence-corrected chi connectivity index (χ1v) is 11.4. The molecule has 1 N–H and O–H groups in total. The Labute approximate surface area is 191 Å². The monoisotopic (exact) mass is 419 g/mol. The Hall–Kier alpha value is -4.36. The van der Waals surface area contributed by atoms with E-state index in [4.69, 9.17) is 0 Å². The maximum atomic E-state index is 3.61. The fourth-order valence-corrected chi connectivity index (χ4v) is 5.19. The van der Waals surface area contributed by atoms with Crippen LogP contribution in [0.2, 0.25) is 0 Å². The van der Waals surface area contributed by atoms with Crippen LogP contribution in [0.5, 0.6) is 0 Å². The van der Waals surface area contributed by atoms with Crippen molar-refractivity contribution < 1.29 is 0 Å². The predicted molar refractivity (Wildman–Crippen MR) is 142 cm³/mol. The number of hydrogen-bond acceptors (Lipinski definition) is 0. The van der Waals surface area contributed by atoms with Gasteiger partial charge in [0.2, 0.25) is 0 Å². The van der Waals surface area contributed by atoms with Crippen LogP contribution >= 0.6 is 0 Å². The largest absolute Gasteiger partial charge is 0.355 e. The van der Waals surface area contributed by atoms with Crippen molar-refractivity contribution in [2.24, 2.45) is 0 Å². The van der Waals surface area contributed by atoms with Gasteiger partial charge in [0.05, 0.1) is 0 Å². The van der Waals surface area contributed by atoms with Crippen molar-refractivity contribution in [1.29, 1.82) is 0 Å². The number of H-pyrrole nitrogens is 1. The third-order valence-electron chi connectivity index (χ3n) is 6.80. The zero-order valence-electron chi connectivity index (χ0n) is 18.0. The Balaban J connectivity index is 1.46. The van der Waals surface area contributed by atoms with E-state index in [0.29, 0.717) is 0 Å². The first-order chi connectivity index (χ1) is 16.3. The maximum Gasteiger partial charge on any atom is 0.0465 e. The Morgan fingerprint density at radius 3 is 1.33 bits per heavy atom. The molecule has 0 atom stereocenters. The molecule has 1 heteroatoms. The second-order valence-electron chi connectivity index (χ2n) is 8.70. The second kappa shape index (κ2) is 7.08. The predicted octanol–water partition coefficient (Wildman–Crippen LogP) is 8.96. The van der Waals surface area contributed by atoms with Crippen molar-refractivity contribution in [3.8, 4) is 22.3 Å². The summed E-state index contributed by atoms with van der Waals surface area (Å²) in [6.45, 7) is 0. The smallest absolute Gasteiger partial charge is 0.0465 e. The molecule has 1 aromatic heterocycles. The van der Waals surface area contributed by atoms with E-state index >= 15 is 0 Å². The quantitative estimate of drug-likeness (QED) is 0.288. The number of hydrogen-bond donors (Lipinski definition) is 1. The van der Waals surface area contributed by atoms with E-state index in [1.54, 1.807) is 0 Å². The molecule has 6 aromatic carbocycles. The number of nitrogens with one attached hydrogen (secondary N) is 1. The summed E-state index contributed by atoms with van der Waals surface area (Å²) < 4.78 is 0. The van der Waals surface area contributed by atoms with Crippen LogP contribution in [0, 0.1) is 0 Å². The average molecular weight is 420 g/mol. The van der Waals surface area contributed by atoms with Crippen LogP contribution in [0.4, 0.5) is 0 Å². The van der Waals surface area contributed by atoms with E-state index in [2.05, 4.69) is 126 Å². The molecule has 0 spiro atoms. The van der Waals surface area contributed by atoms with Crippen molar-refractivity contribution >= 4 is 43.4 Å². The van der Waals surface area contributed by atoms with E-state index in [-0.39, 0.29) is 0 Å². The Kier molecular flexibility index (Phi) is 3.91. The molecule has 0 saturated carbocycles. The van der Waals surface area contributed by atoms with E-state index < -0.39 is 0 Å². The van der Waals surface area contributed by atoms with Crippen LogP contribution in [0.3, 0.4) is 0 Å². The minimum Gasteiger partial charge on any atom is -0.355 e. The molecule has 154 valence electrons. The number of fused-ring (bicyclic) bond motifs is 5. The second-order valence-corrected chi connectivity index (χ2v) is 8.70. The van der Waals surface area contributed by atoms with Crippen LogP contribution in [0.25, 0.3) is 65.6 Å². The number of rotatable bonds is 2. The fraction of sp³-hybridized carbons (Fsp3) is 0. The summed E-state index contributed by atoms with van der Waals surface area (Å²) in [7, 11) is 0. The van der Waals surface area contributed by atoms with E-state index in [1.165, 1.54) is 65.6 Å². The standard InChI is InChI=1S/C32H21N/c1-3-11-25-21(7-1)9-5-13-27(25)23-15-17-31-29(19-23)30-20-24(16-18-32(30)33-31)28-14-6-10-22-8-2-4-12-26(22)28/h1-20,33H. The summed E-state index contributed by atoms with van der Waals surface area (Å²) >= 11 is 0. The van der Waals surface area contributed by atoms with Gasteiger partial charge in [0.25, 0.3) is 0 Å². The lowest BCUT2D eigenvalue weighted by Crippen LogP contribution is -1.82. The van der Waals surface area contributed by atoms with Gasteiger partial charge in [-0.15, -0.1) is 0 Å². The molecule has 0 amide bonds. The highest BCUT2D eigenvalue weighted by Gasteiger charge is 2.11. The van der Waals surface area contributed by atoms with Gasteiger partial charge in [-0.25, -0.2) is 0 Å². The maximum absolute atomic E-state index is 3.61. The number of aromatic amines is 1. The van der Waals surface area contributed by atoms with Gasteiger partial charge in [0, 0.05) is 21.8 Å². The molecular formula is C32H21N. The topological polar surface area (TPSA) is 15.8 Å². The van der Waals surface area contributed by atoms with Crippen LogP contribution in [-0.4, -0.2) is 4.98 Å². The summed E-state index contributed by atoms with van der Waals surface area (Å²) in [5, 5.41) is 7.64. The molecule has 33 heavy (non-hydrogen) atoms. The van der Waals surface area contributed by atoms with Crippen molar-refractivity contribution in [2.45, 2.75) is 0 Å². The molecule has 0 aliphatic rings. The van der Waals surface area contributed by atoms with E-state index in [1.807, 2.05) is 0 Å². The van der Waals surface area contributed by atoms with Gasteiger partial charge in [0.15, 0.2) is 0 Å². The van der Waals surface area contributed by atoms with E-state index in [9.17, 15) is 0 Å². The normalized spacial score (nSPS) is 11.6. The van der Waals surface area contributed by atoms with Gasteiger partial charge < -0.3 is 4.98 Å². The molecule has 7 rings (SSSR count). The van der Waals surface area contributed by atoms with Crippen molar-refractivity contribution in [3.05, 3.63) is 121 Å². The number of benzene rings is 6. The van der Waals surface area contributed by atoms with Crippen molar-refractivity contribution in [3.63, 3.8) is 0 Å². The fourth-order valence-electron chi connectivity index (χ4n) is 5.19.